The van der Waals surface area contributed by atoms with Crippen LogP contribution in [0.3, 0.4) is 0 Å². The van der Waals surface area contributed by atoms with E-state index in [-0.39, 0.29) is 35.9 Å². The summed E-state index contributed by atoms with van der Waals surface area (Å²) in [6, 6.07) is 13.9. The van der Waals surface area contributed by atoms with Crippen molar-refractivity contribution in [3.63, 3.8) is 0 Å². The van der Waals surface area contributed by atoms with Gasteiger partial charge < -0.3 is 11.1 Å². The van der Waals surface area contributed by atoms with Crippen molar-refractivity contribution in [3.8, 4) is 0 Å². The Morgan fingerprint density at radius 1 is 1.07 bits per heavy atom. The Morgan fingerprint density at radius 2 is 1.79 bits per heavy atom. The van der Waals surface area contributed by atoms with Gasteiger partial charge in [0.1, 0.15) is 0 Å². The average Bonchev–Trinajstić information content (AvgIpc) is 2.96. The van der Waals surface area contributed by atoms with Crippen LogP contribution in [0.25, 0.3) is 0 Å². The standard InChI is InChI=1S/C22H25N3O3/c1-2-3-9-17(13-23)24-20(26)16-10-11-18-19(12-16)22(28)25(21(18)27)14-15-7-5-4-6-8-15/h4-8,10-12,17H,2-3,9,13-14,23H2,1H3,(H,24,26). The number of nitrogens with one attached hydrogen (secondary N) is 1. The second kappa shape index (κ2) is 8.80. The van der Waals surface area contributed by atoms with Gasteiger partial charge in [0, 0.05) is 18.2 Å². The van der Waals surface area contributed by atoms with Crippen molar-refractivity contribution in [1.29, 1.82) is 0 Å². The zero-order chi connectivity index (χ0) is 20.1. The highest BCUT2D eigenvalue weighted by molar-refractivity contribution is 6.22. The van der Waals surface area contributed by atoms with Crippen molar-refractivity contribution in [2.45, 2.75) is 38.8 Å². The van der Waals surface area contributed by atoms with Crippen molar-refractivity contribution in [2.75, 3.05) is 6.54 Å². The van der Waals surface area contributed by atoms with E-state index in [2.05, 4.69) is 12.2 Å². The number of benzene rings is 2. The molecule has 0 saturated carbocycles. The Balaban J connectivity index is 1.76. The van der Waals surface area contributed by atoms with Crippen molar-refractivity contribution in [3.05, 3.63) is 70.8 Å². The summed E-state index contributed by atoms with van der Waals surface area (Å²) < 4.78 is 0. The minimum atomic E-state index is -0.375. The number of hydrogen-bond donors (Lipinski definition) is 2. The minimum absolute atomic E-state index is 0.104. The van der Waals surface area contributed by atoms with E-state index >= 15 is 0 Å². The third kappa shape index (κ3) is 4.12. The molecule has 28 heavy (non-hydrogen) atoms. The summed E-state index contributed by atoms with van der Waals surface area (Å²) in [6.07, 6.45) is 2.82. The Morgan fingerprint density at radius 3 is 2.46 bits per heavy atom. The van der Waals surface area contributed by atoms with Gasteiger partial charge in [0.25, 0.3) is 17.7 Å². The highest BCUT2D eigenvalue weighted by atomic mass is 16.2. The molecule has 3 amide bonds. The van der Waals surface area contributed by atoms with Crippen LogP contribution < -0.4 is 11.1 Å². The van der Waals surface area contributed by atoms with Crippen molar-refractivity contribution < 1.29 is 14.4 Å². The fourth-order valence-corrected chi connectivity index (χ4v) is 3.31. The van der Waals surface area contributed by atoms with E-state index in [0.717, 1.165) is 24.8 Å². The molecule has 0 spiro atoms. The molecule has 1 atom stereocenters. The molecule has 6 heteroatoms. The Hall–Kier alpha value is -2.99. The van der Waals surface area contributed by atoms with Gasteiger partial charge in [0.05, 0.1) is 17.7 Å². The van der Waals surface area contributed by atoms with E-state index in [1.54, 1.807) is 12.1 Å². The lowest BCUT2D eigenvalue weighted by Gasteiger charge is -2.16. The first kappa shape index (κ1) is 19.8. The summed E-state index contributed by atoms with van der Waals surface area (Å²) in [6.45, 7) is 2.65. The van der Waals surface area contributed by atoms with Gasteiger partial charge in [-0.05, 0) is 30.2 Å². The SMILES string of the molecule is CCCCC(CN)NC(=O)c1ccc2c(c1)C(=O)N(Cc1ccccc1)C2=O. The van der Waals surface area contributed by atoms with Gasteiger partial charge in [-0.1, -0.05) is 50.1 Å². The van der Waals surface area contributed by atoms with Crippen LogP contribution in [0.1, 0.15) is 62.8 Å². The lowest BCUT2D eigenvalue weighted by Crippen LogP contribution is -2.40. The van der Waals surface area contributed by atoms with Gasteiger partial charge in [-0.2, -0.15) is 0 Å². The summed E-state index contributed by atoms with van der Waals surface area (Å²) >= 11 is 0. The molecule has 0 aliphatic carbocycles. The van der Waals surface area contributed by atoms with Crippen LogP contribution in [0.2, 0.25) is 0 Å². The average molecular weight is 379 g/mol. The van der Waals surface area contributed by atoms with Crippen LogP contribution in [0, 0.1) is 0 Å². The fourth-order valence-electron chi connectivity index (χ4n) is 3.31. The summed E-state index contributed by atoms with van der Waals surface area (Å²) in [5.41, 5.74) is 7.57. The molecule has 146 valence electrons. The normalized spacial score (nSPS) is 14.1. The van der Waals surface area contributed by atoms with Crippen LogP contribution in [-0.4, -0.2) is 35.2 Å². The Labute approximate surface area is 164 Å². The molecule has 1 unspecified atom stereocenters. The van der Waals surface area contributed by atoms with Gasteiger partial charge >= 0.3 is 0 Å². The molecule has 3 N–H and O–H groups in total. The van der Waals surface area contributed by atoms with Crippen molar-refractivity contribution >= 4 is 17.7 Å². The number of hydrogen-bond acceptors (Lipinski definition) is 4. The third-order valence-electron chi connectivity index (χ3n) is 4.94. The maximum atomic E-state index is 12.8. The van der Waals surface area contributed by atoms with Gasteiger partial charge in [-0.15, -0.1) is 0 Å². The number of nitrogens with zero attached hydrogens (tertiary/aromatic N) is 1. The lowest BCUT2D eigenvalue weighted by atomic mass is 10.0. The predicted molar refractivity (Wildman–Crippen MR) is 107 cm³/mol. The number of rotatable bonds is 8. The van der Waals surface area contributed by atoms with Crippen LogP contribution in [0.5, 0.6) is 0 Å². The van der Waals surface area contributed by atoms with E-state index in [4.69, 9.17) is 5.73 Å². The summed E-state index contributed by atoms with van der Waals surface area (Å²) in [7, 11) is 0. The van der Waals surface area contributed by atoms with Crippen molar-refractivity contribution in [1.82, 2.24) is 10.2 Å². The monoisotopic (exact) mass is 379 g/mol. The molecule has 3 rings (SSSR count). The molecule has 1 aliphatic heterocycles. The van der Waals surface area contributed by atoms with Gasteiger partial charge in [0.2, 0.25) is 0 Å². The molecule has 2 aromatic rings. The van der Waals surface area contributed by atoms with Crippen LogP contribution >= 0.6 is 0 Å². The number of unbranched alkanes of at least 4 members (excludes halogenated alkanes) is 1. The highest BCUT2D eigenvalue weighted by Crippen LogP contribution is 2.25. The first-order chi connectivity index (χ1) is 13.5. The van der Waals surface area contributed by atoms with Gasteiger partial charge in [0.15, 0.2) is 0 Å². The predicted octanol–water partition coefficient (Wildman–Crippen LogP) is 2.73. The lowest BCUT2D eigenvalue weighted by molar-refractivity contribution is 0.0642. The molecule has 0 radical (unpaired) electrons. The maximum Gasteiger partial charge on any atom is 0.261 e. The van der Waals surface area contributed by atoms with E-state index in [9.17, 15) is 14.4 Å². The molecular weight excluding hydrogens is 354 g/mol. The third-order valence-corrected chi connectivity index (χ3v) is 4.94. The van der Waals surface area contributed by atoms with E-state index in [0.29, 0.717) is 17.7 Å². The molecule has 2 aromatic carbocycles. The molecule has 0 fully saturated rings. The second-order valence-corrected chi connectivity index (χ2v) is 6.99. The molecule has 6 nitrogen and oxygen atoms in total. The quantitative estimate of drug-likeness (QED) is 0.690. The zero-order valence-electron chi connectivity index (χ0n) is 16.0. The number of fused-ring (bicyclic) bond motifs is 1. The number of carbonyl (C=O) groups excluding carboxylic acids is 3. The first-order valence-corrected chi connectivity index (χ1v) is 9.60. The van der Waals surface area contributed by atoms with Crippen LogP contribution in [0.15, 0.2) is 48.5 Å². The van der Waals surface area contributed by atoms with E-state index in [1.807, 2.05) is 30.3 Å². The molecule has 0 aromatic heterocycles. The number of amides is 3. The van der Waals surface area contributed by atoms with E-state index < -0.39 is 0 Å². The highest BCUT2D eigenvalue weighted by Gasteiger charge is 2.36. The number of nitrogens with two attached hydrogens (primary N) is 1. The van der Waals surface area contributed by atoms with Crippen LogP contribution in [-0.2, 0) is 6.54 Å². The Bertz CT molecular complexity index is 880. The Kier molecular flexibility index (Phi) is 6.21. The molecule has 0 bridgehead atoms. The summed E-state index contributed by atoms with van der Waals surface area (Å²) in [4.78, 5) is 39.2. The molecule has 0 saturated heterocycles. The smallest absolute Gasteiger partial charge is 0.261 e. The minimum Gasteiger partial charge on any atom is -0.348 e. The van der Waals surface area contributed by atoms with Gasteiger partial charge in [-0.25, -0.2) is 0 Å². The molecular formula is C22H25N3O3. The number of imide groups is 1. The van der Waals surface area contributed by atoms with Crippen LogP contribution in [0.4, 0.5) is 0 Å². The van der Waals surface area contributed by atoms with Gasteiger partial charge in [-0.3, -0.25) is 19.3 Å². The fraction of sp³-hybridized carbons (Fsp3) is 0.318. The summed E-state index contributed by atoms with van der Waals surface area (Å²) in [5, 5.41) is 2.91. The second-order valence-electron chi connectivity index (χ2n) is 6.99. The first-order valence-electron chi connectivity index (χ1n) is 9.60. The molecule has 1 aliphatic rings. The maximum absolute atomic E-state index is 12.8. The van der Waals surface area contributed by atoms with Crippen molar-refractivity contribution in [2.24, 2.45) is 5.73 Å². The summed E-state index contributed by atoms with van der Waals surface area (Å²) in [5.74, 6) is -0.991. The zero-order valence-corrected chi connectivity index (χ0v) is 16.0. The topological polar surface area (TPSA) is 92.5 Å². The van der Waals surface area contributed by atoms with E-state index in [1.165, 1.54) is 11.0 Å². The molecule has 1 heterocycles. The largest absolute Gasteiger partial charge is 0.348 e. The number of carbonyl (C=O) groups is 3.